The molecule has 0 heterocycles. The number of hydrogen-bond acceptors (Lipinski definition) is 6. The predicted molar refractivity (Wildman–Crippen MR) is 325 cm³/mol. The van der Waals surface area contributed by atoms with E-state index in [2.05, 4.69) is 118 Å². The molecule has 0 aliphatic rings. The van der Waals surface area contributed by atoms with E-state index in [1.165, 1.54) is 154 Å². The number of ether oxygens (including phenoxy) is 3. The lowest BCUT2D eigenvalue weighted by Gasteiger charge is -2.18. The lowest BCUT2D eigenvalue weighted by Crippen LogP contribution is -2.30. The van der Waals surface area contributed by atoms with E-state index in [0.717, 1.165) is 109 Å². The van der Waals surface area contributed by atoms with Gasteiger partial charge < -0.3 is 14.2 Å². The summed E-state index contributed by atoms with van der Waals surface area (Å²) < 4.78 is 16.9. The summed E-state index contributed by atoms with van der Waals surface area (Å²) in [5, 5.41) is 0. The van der Waals surface area contributed by atoms with Crippen molar-refractivity contribution in [1.29, 1.82) is 0 Å². The maximum Gasteiger partial charge on any atom is 0.306 e. The second-order valence-electron chi connectivity index (χ2n) is 20.9. The average molecular weight is 1040 g/mol. The normalized spacial score (nSPS) is 12.7. The van der Waals surface area contributed by atoms with Crippen LogP contribution in [0.25, 0.3) is 0 Å². The van der Waals surface area contributed by atoms with Crippen LogP contribution in [-0.2, 0) is 28.6 Å². The number of unbranched alkanes of at least 4 members (excludes halogenated alkanes) is 30. The smallest absolute Gasteiger partial charge is 0.306 e. The van der Waals surface area contributed by atoms with Crippen LogP contribution in [-0.4, -0.2) is 37.2 Å². The monoisotopic (exact) mass is 1040 g/mol. The lowest BCUT2D eigenvalue weighted by molar-refractivity contribution is -0.167. The van der Waals surface area contributed by atoms with Crippen LogP contribution in [0, 0.1) is 0 Å². The van der Waals surface area contributed by atoms with Gasteiger partial charge in [-0.1, -0.05) is 266 Å². The van der Waals surface area contributed by atoms with Gasteiger partial charge in [-0.15, -0.1) is 0 Å². The Morgan fingerprint density at radius 1 is 0.280 bits per heavy atom. The Kier molecular flexibility index (Phi) is 59.8. The standard InChI is InChI=1S/C69H118O6/c1-4-7-10-13-16-19-22-24-26-28-29-30-31-32-33-34-35-36-37-38-39-41-42-44-47-50-53-56-59-62-68(71)74-65-66(64-73-67(70)61-58-55-52-49-46-21-18-15-12-9-6-3)75-69(72)63-60-57-54-51-48-45-43-40-27-25-23-20-17-14-11-8-5-2/h7,10,15-20,24-27,29-30,32-33,66H,4-6,8-9,11-14,21-23,28,31,34-65H2,1-3H3/b10-7-,18-15-,19-16-,20-17-,26-24-,27-25-,30-29-,33-32-. The first-order chi connectivity index (χ1) is 37.0. The molecule has 0 spiro atoms. The Labute approximate surface area is 464 Å². The summed E-state index contributed by atoms with van der Waals surface area (Å²) in [5.41, 5.74) is 0. The van der Waals surface area contributed by atoms with Crippen molar-refractivity contribution >= 4 is 17.9 Å². The molecular weight excluding hydrogens is 925 g/mol. The maximum absolute atomic E-state index is 12.9. The zero-order chi connectivity index (χ0) is 54.3. The highest BCUT2D eigenvalue weighted by Crippen LogP contribution is 2.16. The third kappa shape index (κ3) is 61.1. The Morgan fingerprint density at radius 2 is 0.533 bits per heavy atom. The first-order valence-electron chi connectivity index (χ1n) is 31.7. The van der Waals surface area contributed by atoms with Crippen molar-refractivity contribution in [3.63, 3.8) is 0 Å². The number of hydrogen-bond donors (Lipinski definition) is 0. The van der Waals surface area contributed by atoms with E-state index in [1.807, 2.05) is 0 Å². The van der Waals surface area contributed by atoms with Crippen LogP contribution in [0.3, 0.4) is 0 Å². The number of carbonyl (C=O) groups is 3. The first-order valence-corrected chi connectivity index (χ1v) is 31.7. The summed E-state index contributed by atoms with van der Waals surface area (Å²) in [4.78, 5) is 38.2. The second kappa shape index (κ2) is 62.9. The van der Waals surface area contributed by atoms with Crippen LogP contribution in [0.2, 0.25) is 0 Å². The third-order valence-electron chi connectivity index (χ3n) is 13.5. The molecule has 1 atom stereocenters. The molecule has 0 N–H and O–H groups in total. The minimum atomic E-state index is -0.785. The van der Waals surface area contributed by atoms with Crippen molar-refractivity contribution in [2.45, 2.75) is 309 Å². The van der Waals surface area contributed by atoms with Gasteiger partial charge in [0.25, 0.3) is 0 Å². The van der Waals surface area contributed by atoms with E-state index in [-0.39, 0.29) is 31.1 Å². The predicted octanol–water partition coefficient (Wildman–Crippen LogP) is 21.7. The van der Waals surface area contributed by atoms with Gasteiger partial charge in [-0.25, -0.2) is 0 Å². The van der Waals surface area contributed by atoms with Crippen LogP contribution < -0.4 is 0 Å². The molecule has 0 aromatic heterocycles. The van der Waals surface area contributed by atoms with Gasteiger partial charge in [0.15, 0.2) is 6.10 Å². The number of rotatable bonds is 57. The summed E-state index contributed by atoms with van der Waals surface area (Å²) in [6, 6.07) is 0. The highest BCUT2D eigenvalue weighted by molar-refractivity contribution is 5.71. The van der Waals surface area contributed by atoms with Crippen LogP contribution >= 0.6 is 0 Å². The van der Waals surface area contributed by atoms with E-state index in [0.29, 0.717) is 19.3 Å². The van der Waals surface area contributed by atoms with Crippen molar-refractivity contribution in [2.24, 2.45) is 0 Å². The minimum absolute atomic E-state index is 0.0826. The van der Waals surface area contributed by atoms with Crippen molar-refractivity contribution in [2.75, 3.05) is 13.2 Å². The van der Waals surface area contributed by atoms with Gasteiger partial charge in [0.2, 0.25) is 0 Å². The zero-order valence-corrected chi connectivity index (χ0v) is 49.3. The highest BCUT2D eigenvalue weighted by atomic mass is 16.6. The number of esters is 3. The van der Waals surface area contributed by atoms with E-state index in [4.69, 9.17) is 14.2 Å². The molecular formula is C69H118O6. The molecule has 0 saturated heterocycles. The molecule has 0 amide bonds. The van der Waals surface area contributed by atoms with Gasteiger partial charge in [-0.2, -0.15) is 0 Å². The van der Waals surface area contributed by atoms with Gasteiger partial charge in [0, 0.05) is 19.3 Å². The molecule has 0 radical (unpaired) electrons. The minimum Gasteiger partial charge on any atom is -0.462 e. The van der Waals surface area contributed by atoms with E-state index < -0.39 is 6.10 Å². The number of carbonyl (C=O) groups excluding carboxylic acids is 3. The van der Waals surface area contributed by atoms with Crippen LogP contribution in [0.5, 0.6) is 0 Å². The summed E-state index contributed by atoms with van der Waals surface area (Å²) in [6.07, 6.45) is 84.2. The van der Waals surface area contributed by atoms with Gasteiger partial charge in [0.1, 0.15) is 13.2 Å². The third-order valence-corrected chi connectivity index (χ3v) is 13.5. The quantitative estimate of drug-likeness (QED) is 0.0261. The van der Waals surface area contributed by atoms with Gasteiger partial charge in [-0.3, -0.25) is 14.4 Å². The molecule has 0 aromatic carbocycles. The Morgan fingerprint density at radius 3 is 0.867 bits per heavy atom. The molecule has 6 heteroatoms. The van der Waals surface area contributed by atoms with E-state index in [1.54, 1.807) is 0 Å². The first kappa shape index (κ1) is 71.3. The largest absolute Gasteiger partial charge is 0.462 e. The summed E-state index contributed by atoms with van der Waals surface area (Å²) in [6.45, 7) is 6.47. The number of allylic oxidation sites excluding steroid dienone is 16. The molecule has 0 aliphatic heterocycles. The van der Waals surface area contributed by atoms with Crippen molar-refractivity contribution in [3.05, 3.63) is 97.2 Å². The van der Waals surface area contributed by atoms with Crippen molar-refractivity contribution in [1.82, 2.24) is 0 Å². The highest BCUT2D eigenvalue weighted by Gasteiger charge is 2.19. The Balaban J connectivity index is 4.23. The molecule has 6 nitrogen and oxygen atoms in total. The Bertz CT molecular complexity index is 1480. The van der Waals surface area contributed by atoms with Crippen molar-refractivity contribution in [3.8, 4) is 0 Å². The summed E-state index contributed by atoms with van der Waals surface area (Å²) >= 11 is 0. The second-order valence-corrected chi connectivity index (χ2v) is 20.9. The molecule has 430 valence electrons. The fraction of sp³-hybridized carbons (Fsp3) is 0.725. The topological polar surface area (TPSA) is 78.9 Å². The van der Waals surface area contributed by atoms with Crippen LogP contribution in [0.1, 0.15) is 303 Å². The fourth-order valence-electron chi connectivity index (χ4n) is 8.78. The summed E-state index contributed by atoms with van der Waals surface area (Å²) in [5.74, 6) is -0.894. The molecule has 0 aromatic rings. The Hall–Kier alpha value is -3.67. The molecule has 0 bridgehead atoms. The molecule has 0 saturated carbocycles. The van der Waals surface area contributed by atoms with Crippen molar-refractivity contribution < 1.29 is 28.6 Å². The van der Waals surface area contributed by atoms with Crippen LogP contribution in [0.15, 0.2) is 97.2 Å². The average Bonchev–Trinajstić information content (AvgIpc) is 3.41. The molecule has 75 heavy (non-hydrogen) atoms. The molecule has 0 fully saturated rings. The van der Waals surface area contributed by atoms with Gasteiger partial charge >= 0.3 is 17.9 Å². The fourth-order valence-corrected chi connectivity index (χ4v) is 8.78. The maximum atomic E-state index is 12.9. The molecule has 0 aliphatic carbocycles. The zero-order valence-electron chi connectivity index (χ0n) is 49.3. The van der Waals surface area contributed by atoms with E-state index in [9.17, 15) is 14.4 Å². The van der Waals surface area contributed by atoms with E-state index >= 15 is 0 Å². The molecule has 0 rings (SSSR count). The SMILES string of the molecule is CC/C=C\C/C=C\C/C=C\C/C=C\C/C=C\CCCCCCCCCCCCCCCC(=O)OCC(COC(=O)CCCCCCC/C=C\CCCC)OC(=O)CCCCCCCCC/C=C\C/C=C\CCCCC. The van der Waals surface area contributed by atoms with Crippen LogP contribution in [0.4, 0.5) is 0 Å². The summed E-state index contributed by atoms with van der Waals surface area (Å²) in [7, 11) is 0. The van der Waals surface area contributed by atoms with Gasteiger partial charge in [-0.05, 0) is 116 Å². The lowest BCUT2D eigenvalue weighted by atomic mass is 10.0. The van der Waals surface area contributed by atoms with Gasteiger partial charge in [0.05, 0.1) is 0 Å². The molecule has 1 unspecified atom stereocenters.